The van der Waals surface area contributed by atoms with E-state index >= 15 is 0 Å². The van der Waals surface area contributed by atoms with E-state index in [0.717, 1.165) is 5.56 Å². The summed E-state index contributed by atoms with van der Waals surface area (Å²) in [5.41, 5.74) is 2.64. The maximum absolute atomic E-state index is 13.4. The SMILES string of the molecule is O=C(O)c1cncc(-c2cnc(Nc3ccc(F)c(Cl)c3)nc2NCc2ccncc2)c1. The summed E-state index contributed by atoms with van der Waals surface area (Å²) in [5, 5.41) is 15.5. The van der Waals surface area contributed by atoms with Crippen molar-refractivity contribution in [2.75, 3.05) is 10.6 Å². The Labute approximate surface area is 187 Å². The molecule has 0 saturated heterocycles. The third-order valence-corrected chi connectivity index (χ3v) is 4.76. The average molecular weight is 451 g/mol. The van der Waals surface area contributed by atoms with Crippen LogP contribution in [0.2, 0.25) is 5.02 Å². The van der Waals surface area contributed by atoms with Crippen molar-refractivity contribution in [3.63, 3.8) is 0 Å². The van der Waals surface area contributed by atoms with E-state index in [4.69, 9.17) is 11.6 Å². The fourth-order valence-electron chi connectivity index (χ4n) is 2.88. The number of hydrogen-bond donors (Lipinski definition) is 3. The molecule has 0 aliphatic rings. The smallest absolute Gasteiger partial charge is 0.337 e. The van der Waals surface area contributed by atoms with Crippen molar-refractivity contribution in [2.24, 2.45) is 0 Å². The minimum absolute atomic E-state index is 0.0285. The zero-order valence-electron chi connectivity index (χ0n) is 16.5. The molecule has 3 heterocycles. The molecule has 3 aromatic heterocycles. The molecule has 0 saturated carbocycles. The maximum atomic E-state index is 13.4. The number of aromatic carboxylic acids is 1. The molecule has 4 aromatic rings. The van der Waals surface area contributed by atoms with Gasteiger partial charge in [0.2, 0.25) is 5.95 Å². The Kier molecular flexibility index (Phi) is 6.18. The standard InChI is InChI=1S/C22H16ClFN6O2/c23-18-8-16(1-2-19(18)24)29-22-28-12-17(14-7-15(21(31)32)11-26-10-14)20(30-22)27-9-13-3-5-25-6-4-13/h1-8,10-12H,9H2,(H,31,32)(H2,27,28,29,30). The number of carbonyl (C=O) groups is 1. The lowest BCUT2D eigenvalue weighted by Gasteiger charge is -2.14. The number of anilines is 3. The van der Waals surface area contributed by atoms with Crippen LogP contribution in [0.1, 0.15) is 15.9 Å². The number of pyridine rings is 2. The molecule has 8 nitrogen and oxygen atoms in total. The molecule has 3 N–H and O–H groups in total. The summed E-state index contributed by atoms with van der Waals surface area (Å²) in [6.45, 7) is 0.445. The van der Waals surface area contributed by atoms with Gasteiger partial charge in [-0.25, -0.2) is 14.2 Å². The first-order chi connectivity index (χ1) is 15.5. The second kappa shape index (κ2) is 9.36. The van der Waals surface area contributed by atoms with Crippen molar-refractivity contribution >= 4 is 35.0 Å². The highest BCUT2D eigenvalue weighted by Crippen LogP contribution is 2.29. The monoisotopic (exact) mass is 450 g/mol. The molecule has 0 radical (unpaired) electrons. The van der Waals surface area contributed by atoms with Gasteiger partial charge in [0.15, 0.2) is 0 Å². The number of carboxylic acids is 1. The molecule has 0 aliphatic carbocycles. The number of benzene rings is 1. The quantitative estimate of drug-likeness (QED) is 0.368. The minimum atomic E-state index is -1.09. The zero-order valence-corrected chi connectivity index (χ0v) is 17.2. The Hall–Kier alpha value is -4.11. The first-order valence-electron chi connectivity index (χ1n) is 9.40. The fraction of sp³-hybridized carbons (Fsp3) is 0.0455. The third kappa shape index (κ3) is 4.96. The normalized spacial score (nSPS) is 10.6. The van der Waals surface area contributed by atoms with Gasteiger partial charge >= 0.3 is 5.97 Å². The summed E-state index contributed by atoms with van der Waals surface area (Å²) in [4.78, 5) is 28.2. The van der Waals surface area contributed by atoms with Crippen molar-refractivity contribution in [3.8, 4) is 11.1 Å². The van der Waals surface area contributed by atoms with Crippen molar-refractivity contribution in [1.82, 2.24) is 19.9 Å². The van der Waals surface area contributed by atoms with Crippen molar-refractivity contribution in [3.05, 3.63) is 89.3 Å². The number of nitrogens with zero attached hydrogens (tertiary/aromatic N) is 4. The highest BCUT2D eigenvalue weighted by molar-refractivity contribution is 6.31. The van der Waals surface area contributed by atoms with Gasteiger partial charge in [-0.2, -0.15) is 4.98 Å². The summed E-state index contributed by atoms with van der Waals surface area (Å²) in [6, 6.07) is 9.41. The summed E-state index contributed by atoms with van der Waals surface area (Å²) in [5.74, 6) is -0.912. The van der Waals surface area contributed by atoms with Gasteiger partial charge in [-0.3, -0.25) is 9.97 Å². The van der Waals surface area contributed by atoms with Crippen LogP contribution in [0.5, 0.6) is 0 Å². The van der Waals surface area contributed by atoms with Crippen molar-refractivity contribution in [2.45, 2.75) is 6.54 Å². The van der Waals surface area contributed by atoms with E-state index < -0.39 is 11.8 Å². The first kappa shape index (κ1) is 21.1. The van der Waals surface area contributed by atoms with Crippen LogP contribution in [0.25, 0.3) is 11.1 Å². The number of halogens is 2. The molecular weight excluding hydrogens is 435 g/mol. The highest BCUT2D eigenvalue weighted by atomic mass is 35.5. The van der Waals surface area contributed by atoms with Crippen LogP contribution in [0.4, 0.5) is 21.8 Å². The Balaban J connectivity index is 1.69. The van der Waals surface area contributed by atoms with Gasteiger partial charge in [-0.1, -0.05) is 11.6 Å². The van der Waals surface area contributed by atoms with Crippen LogP contribution in [0, 0.1) is 5.82 Å². The Morgan fingerprint density at radius 1 is 1.06 bits per heavy atom. The molecule has 0 bridgehead atoms. The van der Waals surface area contributed by atoms with Gasteiger partial charge in [-0.05, 0) is 42.0 Å². The van der Waals surface area contributed by atoms with Crippen LogP contribution >= 0.6 is 11.6 Å². The van der Waals surface area contributed by atoms with E-state index in [0.29, 0.717) is 29.2 Å². The van der Waals surface area contributed by atoms with Gasteiger partial charge in [0.1, 0.15) is 11.6 Å². The number of rotatable bonds is 7. The Morgan fingerprint density at radius 3 is 2.62 bits per heavy atom. The van der Waals surface area contributed by atoms with Gasteiger partial charge in [0.25, 0.3) is 0 Å². The summed E-state index contributed by atoms with van der Waals surface area (Å²) < 4.78 is 13.4. The van der Waals surface area contributed by atoms with Crippen LogP contribution in [0.15, 0.2) is 67.4 Å². The Morgan fingerprint density at radius 2 is 1.88 bits per heavy atom. The second-order valence-corrected chi connectivity index (χ2v) is 7.09. The van der Waals surface area contributed by atoms with E-state index in [1.165, 1.54) is 36.7 Å². The predicted molar refractivity (Wildman–Crippen MR) is 118 cm³/mol. The van der Waals surface area contributed by atoms with E-state index in [1.807, 2.05) is 12.1 Å². The highest BCUT2D eigenvalue weighted by Gasteiger charge is 2.13. The lowest BCUT2D eigenvalue weighted by Crippen LogP contribution is -2.07. The van der Waals surface area contributed by atoms with Gasteiger partial charge in [-0.15, -0.1) is 0 Å². The lowest BCUT2D eigenvalue weighted by molar-refractivity contribution is 0.0696. The largest absolute Gasteiger partial charge is 0.478 e. The molecular formula is C22H16ClFN6O2. The van der Waals surface area contributed by atoms with Crippen LogP contribution < -0.4 is 10.6 Å². The van der Waals surface area contributed by atoms with E-state index in [1.54, 1.807) is 18.6 Å². The molecule has 10 heteroatoms. The summed E-state index contributed by atoms with van der Waals surface area (Å²) in [6.07, 6.45) is 7.73. The van der Waals surface area contributed by atoms with Gasteiger partial charge < -0.3 is 15.7 Å². The topological polar surface area (TPSA) is 113 Å². The van der Waals surface area contributed by atoms with Crippen LogP contribution in [0.3, 0.4) is 0 Å². The fourth-order valence-corrected chi connectivity index (χ4v) is 3.06. The zero-order chi connectivity index (χ0) is 22.5. The second-order valence-electron chi connectivity index (χ2n) is 6.69. The summed E-state index contributed by atoms with van der Waals surface area (Å²) >= 11 is 5.85. The molecule has 0 fully saturated rings. The molecule has 0 atom stereocenters. The average Bonchev–Trinajstić information content (AvgIpc) is 2.81. The molecule has 0 amide bonds. The molecule has 1 aromatic carbocycles. The molecule has 0 spiro atoms. The van der Waals surface area contributed by atoms with Crippen molar-refractivity contribution < 1.29 is 14.3 Å². The predicted octanol–water partition coefficient (Wildman–Crippen LogP) is 4.78. The molecule has 32 heavy (non-hydrogen) atoms. The van der Waals surface area contributed by atoms with Crippen molar-refractivity contribution in [1.29, 1.82) is 0 Å². The van der Waals surface area contributed by atoms with E-state index in [9.17, 15) is 14.3 Å². The molecule has 4 rings (SSSR count). The Bertz CT molecular complexity index is 1270. The van der Waals surface area contributed by atoms with Gasteiger partial charge in [0, 0.05) is 54.3 Å². The summed E-state index contributed by atoms with van der Waals surface area (Å²) in [7, 11) is 0. The number of nitrogens with one attached hydrogen (secondary N) is 2. The van der Waals surface area contributed by atoms with Gasteiger partial charge in [0.05, 0.1) is 10.6 Å². The number of aromatic nitrogens is 4. The van der Waals surface area contributed by atoms with E-state index in [-0.39, 0.29) is 16.5 Å². The third-order valence-electron chi connectivity index (χ3n) is 4.47. The molecule has 0 unspecified atom stereocenters. The lowest BCUT2D eigenvalue weighted by atomic mass is 10.1. The number of hydrogen-bond acceptors (Lipinski definition) is 7. The maximum Gasteiger partial charge on any atom is 0.337 e. The minimum Gasteiger partial charge on any atom is -0.478 e. The van der Waals surface area contributed by atoms with E-state index in [2.05, 4.69) is 30.6 Å². The van der Waals surface area contributed by atoms with Crippen LogP contribution in [-0.4, -0.2) is 31.0 Å². The molecule has 0 aliphatic heterocycles. The van der Waals surface area contributed by atoms with Crippen LogP contribution in [-0.2, 0) is 6.54 Å². The number of carboxylic acid groups (broad SMARTS) is 1. The first-order valence-corrected chi connectivity index (χ1v) is 9.78. The molecule has 160 valence electrons.